The second-order valence-corrected chi connectivity index (χ2v) is 9.13. The van der Waals surface area contributed by atoms with E-state index in [0.717, 1.165) is 75.8 Å². The summed E-state index contributed by atoms with van der Waals surface area (Å²) in [6, 6.07) is 10.8. The lowest BCUT2D eigenvalue weighted by Gasteiger charge is -2.53. The number of morpholine rings is 1. The predicted octanol–water partition coefficient (Wildman–Crippen LogP) is 2.94. The zero-order valence-corrected chi connectivity index (χ0v) is 17.8. The molecule has 4 aliphatic heterocycles. The third-order valence-electron chi connectivity index (χ3n) is 7.31. The molecule has 4 aliphatic rings. The molecule has 0 spiro atoms. The monoisotopic (exact) mass is 409 g/mol. The van der Waals surface area contributed by atoms with Crippen LogP contribution in [0.15, 0.2) is 30.3 Å². The summed E-state index contributed by atoms with van der Waals surface area (Å²) >= 11 is 0. The molecule has 3 saturated heterocycles. The number of likely N-dealkylation sites (N-methyl/N-ethyl adjacent to an activating group) is 1. The highest BCUT2D eigenvalue weighted by Gasteiger charge is 2.54. The van der Waals surface area contributed by atoms with Gasteiger partial charge in [0.1, 0.15) is 0 Å². The van der Waals surface area contributed by atoms with Crippen molar-refractivity contribution >= 4 is 16.5 Å². The number of benzene rings is 2. The van der Waals surface area contributed by atoms with E-state index in [-0.39, 0.29) is 11.8 Å². The first-order valence-electron chi connectivity index (χ1n) is 11.4. The van der Waals surface area contributed by atoms with Crippen molar-refractivity contribution < 1.29 is 14.2 Å². The highest BCUT2D eigenvalue weighted by Crippen LogP contribution is 2.50. The third-order valence-corrected chi connectivity index (χ3v) is 7.31. The Labute approximate surface area is 178 Å². The number of anilines is 1. The molecule has 6 rings (SSSR count). The maximum Gasteiger partial charge on any atom is 0.203 e. The van der Waals surface area contributed by atoms with Crippen LogP contribution < -0.4 is 14.4 Å². The molecule has 0 aromatic heterocycles. The highest BCUT2D eigenvalue weighted by atomic mass is 16.6. The standard InChI is InChI=1S/C24H31N3O3/c1-25-11-8-24(27-9-4-5-10-27)22(17-25)29-23-19-7-3-2-6-18(19)20(16-21(23)30-24)26-12-14-28-15-13-26/h2-3,6-7,16,22H,4-5,8-15,17H2,1H3. The van der Waals surface area contributed by atoms with Gasteiger partial charge >= 0.3 is 0 Å². The largest absolute Gasteiger partial charge is 0.479 e. The number of piperidine rings is 1. The van der Waals surface area contributed by atoms with E-state index >= 15 is 0 Å². The molecule has 3 fully saturated rings. The lowest BCUT2D eigenvalue weighted by molar-refractivity contribution is -0.188. The van der Waals surface area contributed by atoms with E-state index in [0.29, 0.717) is 0 Å². The van der Waals surface area contributed by atoms with Gasteiger partial charge in [-0.3, -0.25) is 4.90 Å². The Kier molecular flexibility index (Phi) is 4.55. The SMILES string of the molecule is CN1CCC2(N3CCCC3)Oc3cc(N4CCOCC4)c4ccccc4c3OC2C1. The topological polar surface area (TPSA) is 37.4 Å². The van der Waals surface area contributed by atoms with Crippen LogP contribution in [0, 0.1) is 0 Å². The molecule has 160 valence electrons. The summed E-state index contributed by atoms with van der Waals surface area (Å²) in [5.41, 5.74) is 0.889. The fourth-order valence-electron chi connectivity index (χ4n) is 5.70. The second-order valence-electron chi connectivity index (χ2n) is 9.13. The number of fused-ring (bicyclic) bond motifs is 4. The molecule has 0 bridgehead atoms. The fraction of sp³-hybridized carbons (Fsp3) is 0.583. The highest BCUT2D eigenvalue weighted by molar-refractivity contribution is 6.00. The van der Waals surface area contributed by atoms with Gasteiger partial charge in [0.2, 0.25) is 5.72 Å². The van der Waals surface area contributed by atoms with Gasteiger partial charge in [-0.25, -0.2) is 0 Å². The van der Waals surface area contributed by atoms with E-state index in [1.165, 1.54) is 23.9 Å². The van der Waals surface area contributed by atoms with Crippen molar-refractivity contribution in [1.82, 2.24) is 9.80 Å². The predicted molar refractivity (Wildman–Crippen MR) is 118 cm³/mol. The molecule has 30 heavy (non-hydrogen) atoms. The Morgan fingerprint density at radius 1 is 0.967 bits per heavy atom. The Bertz CT molecular complexity index is 939. The minimum Gasteiger partial charge on any atom is -0.479 e. The van der Waals surface area contributed by atoms with E-state index in [4.69, 9.17) is 14.2 Å². The summed E-state index contributed by atoms with van der Waals surface area (Å²) in [4.78, 5) is 7.35. The third kappa shape index (κ3) is 2.88. The number of nitrogens with zero attached hydrogens (tertiary/aromatic N) is 3. The van der Waals surface area contributed by atoms with Crippen LogP contribution in [0.5, 0.6) is 11.5 Å². The lowest BCUT2D eigenvalue weighted by Crippen LogP contribution is -2.69. The van der Waals surface area contributed by atoms with Gasteiger partial charge in [0.05, 0.1) is 13.2 Å². The van der Waals surface area contributed by atoms with E-state index in [9.17, 15) is 0 Å². The van der Waals surface area contributed by atoms with Crippen LogP contribution in [0.3, 0.4) is 0 Å². The van der Waals surface area contributed by atoms with E-state index in [1.54, 1.807) is 0 Å². The quantitative estimate of drug-likeness (QED) is 0.759. The lowest BCUT2D eigenvalue weighted by atomic mass is 9.93. The number of hydrogen-bond donors (Lipinski definition) is 0. The van der Waals surface area contributed by atoms with Crippen LogP contribution in [0.4, 0.5) is 5.69 Å². The summed E-state index contributed by atoms with van der Waals surface area (Å²) in [6.07, 6.45) is 3.50. The first-order valence-corrected chi connectivity index (χ1v) is 11.4. The van der Waals surface area contributed by atoms with Gasteiger partial charge in [-0.2, -0.15) is 0 Å². The van der Waals surface area contributed by atoms with Crippen LogP contribution >= 0.6 is 0 Å². The van der Waals surface area contributed by atoms with Gasteiger partial charge in [-0.05, 0) is 19.9 Å². The van der Waals surface area contributed by atoms with Crippen LogP contribution in [-0.4, -0.2) is 81.2 Å². The molecule has 2 aromatic rings. The molecule has 2 atom stereocenters. The average Bonchev–Trinajstić information content (AvgIpc) is 3.34. The van der Waals surface area contributed by atoms with Gasteiger partial charge in [-0.1, -0.05) is 24.3 Å². The van der Waals surface area contributed by atoms with Crippen LogP contribution in [0.1, 0.15) is 19.3 Å². The summed E-state index contributed by atoms with van der Waals surface area (Å²) in [6.45, 7) is 7.50. The summed E-state index contributed by atoms with van der Waals surface area (Å²) in [7, 11) is 2.19. The maximum absolute atomic E-state index is 7.01. The Hall–Kier alpha value is -2.02. The molecule has 6 heteroatoms. The second kappa shape index (κ2) is 7.29. The van der Waals surface area contributed by atoms with Crippen molar-refractivity contribution in [3.05, 3.63) is 30.3 Å². The molecule has 0 aliphatic carbocycles. The molecule has 0 saturated carbocycles. The Balaban J connectivity index is 1.48. The zero-order chi connectivity index (χ0) is 20.1. The van der Waals surface area contributed by atoms with Gasteiger partial charge in [0.25, 0.3) is 0 Å². The first-order chi connectivity index (χ1) is 14.7. The minimum atomic E-state index is -0.346. The van der Waals surface area contributed by atoms with Crippen molar-refractivity contribution in [3.8, 4) is 11.5 Å². The van der Waals surface area contributed by atoms with Crippen LogP contribution in [0.2, 0.25) is 0 Å². The molecule has 0 radical (unpaired) electrons. The molecule has 0 amide bonds. The van der Waals surface area contributed by atoms with E-state index < -0.39 is 0 Å². The molecular weight excluding hydrogens is 378 g/mol. The first kappa shape index (κ1) is 18.7. The number of hydrogen-bond acceptors (Lipinski definition) is 6. The minimum absolute atomic E-state index is 0.0273. The molecule has 2 unspecified atom stereocenters. The molecule has 2 aromatic carbocycles. The average molecular weight is 410 g/mol. The van der Waals surface area contributed by atoms with Gasteiger partial charge in [-0.15, -0.1) is 0 Å². The summed E-state index contributed by atoms with van der Waals surface area (Å²) in [5, 5.41) is 2.39. The van der Waals surface area contributed by atoms with E-state index in [2.05, 4.69) is 52.1 Å². The van der Waals surface area contributed by atoms with Crippen molar-refractivity contribution in [2.75, 3.05) is 64.4 Å². The number of likely N-dealkylation sites (tertiary alicyclic amines) is 2. The van der Waals surface area contributed by atoms with Gasteiger partial charge in [0, 0.05) is 68.2 Å². The smallest absolute Gasteiger partial charge is 0.203 e. The number of ether oxygens (including phenoxy) is 3. The molecule has 0 N–H and O–H groups in total. The van der Waals surface area contributed by atoms with Crippen molar-refractivity contribution in [2.24, 2.45) is 0 Å². The summed E-state index contributed by atoms with van der Waals surface area (Å²) < 4.78 is 19.4. The van der Waals surface area contributed by atoms with Crippen molar-refractivity contribution in [3.63, 3.8) is 0 Å². The van der Waals surface area contributed by atoms with Gasteiger partial charge < -0.3 is 24.0 Å². The van der Waals surface area contributed by atoms with Crippen molar-refractivity contribution in [1.29, 1.82) is 0 Å². The van der Waals surface area contributed by atoms with E-state index in [1.807, 2.05) is 0 Å². The Morgan fingerprint density at radius 2 is 1.73 bits per heavy atom. The zero-order valence-electron chi connectivity index (χ0n) is 17.8. The molecular formula is C24H31N3O3. The Morgan fingerprint density at radius 3 is 2.53 bits per heavy atom. The van der Waals surface area contributed by atoms with Gasteiger partial charge in [0.15, 0.2) is 17.6 Å². The number of rotatable bonds is 2. The van der Waals surface area contributed by atoms with Crippen LogP contribution in [-0.2, 0) is 4.74 Å². The molecule has 6 nitrogen and oxygen atoms in total. The molecule has 4 heterocycles. The normalized spacial score (nSPS) is 29.9. The maximum atomic E-state index is 7.01. The summed E-state index contributed by atoms with van der Waals surface area (Å²) in [5.74, 6) is 1.82. The fourth-order valence-corrected chi connectivity index (χ4v) is 5.70. The van der Waals surface area contributed by atoms with Crippen molar-refractivity contribution in [2.45, 2.75) is 31.1 Å². The van der Waals surface area contributed by atoms with Crippen LogP contribution in [0.25, 0.3) is 10.8 Å².